The lowest BCUT2D eigenvalue weighted by Gasteiger charge is -2.22. The maximum atomic E-state index is 2.37. The van der Waals surface area contributed by atoms with E-state index in [2.05, 4.69) is 34.6 Å². The summed E-state index contributed by atoms with van der Waals surface area (Å²) in [6.07, 6.45) is 9.98. The molecule has 0 heteroatoms. The van der Waals surface area contributed by atoms with Crippen LogP contribution in [0.5, 0.6) is 0 Å². The molecule has 0 amide bonds. The highest BCUT2D eigenvalue weighted by Gasteiger charge is 2.13. The lowest BCUT2D eigenvalue weighted by Crippen LogP contribution is -2.08. The molecule has 0 aliphatic heterocycles. The van der Waals surface area contributed by atoms with E-state index >= 15 is 0 Å². The first-order chi connectivity index (χ1) is 7.10. The van der Waals surface area contributed by atoms with Gasteiger partial charge in [0.15, 0.2) is 0 Å². The molecule has 1 fully saturated rings. The average Bonchev–Trinajstić information content (AvgIpc) is 2.24. The maximum Gasteiger partial charge on any atom is -0.0443 e. The normalized spacial score (nSPS) is 27.8. The molecule has 92 valence electrons. The van der Waals surface area contributed by atoms with E-state index in [-0.39, 0.29) is 0 Å². The molecule has 1 aliphatic rings. The lowest BCUT2D eigenvalue weighted by atomic mass is 9.84. The fourth-order valence-corrected chi connectivity index (χ4v) is 2.12. The molecule has 1 unspecified atom stereocenters. The molecule has 1 saturated carbocycles. The van der Waals surface area contributed by atoms with E-state index in [1.807, 2.05) is 0 Å². The molecule has 0 radical (unpaired) electrons. The van der Waals surface area contributed by atoms with Gasteiger partial charge in [-0.25, -0.2) is 0 Å². The molecular formula is C15H32. The van der Waals surface area contributed by atoms with E-state index in [1.165, 1.54) is 44.9 Å². The summed E-state index contributed by atoms with van der Waals surface area (Å²) >= 11 is 0. The summed E-state index contributed by atoms with van der Waals surface area (Å²) in [6, 6.07) is 0. The molecule has 1 atom stereocenters. The highest BCUT2D eigenvalue weighted by atomic mass is 14.2. The molecule has 0 bridgehead atoms. The highest BCUT2D eigenvalue weighted by molar-refractivity contribution is 4.65. The maximum absolute atomic E-state index is 2.37. The lowest BCUT2D eigenvalue weighted by molar-refractivity contribution is 0.308. The minimum Gasteiger partial charge on any atom is -0.0654 e. The number of hydrogen-bond acceptors (Lipinski definition) is 0. The van der Waals surface area contributed by atoms with Crippen molar-refractivity contribution in [2.24, 2.45) is 17.8 Å². The van der Waals surface area contributed by atoms with Gasteiger partial charge >= 0.3 is 0 Å². The molecule has 15 heavy (non-hydrogen) atoms. The quantitative estimate of drug-likeness (QED) is 0.566. The zero-order chi connectivity index (χ0) is 11.7. The fraction of sp³-hybridized carbons (Fsp3) is 1.00. The van der Waals surface area contributed by atoms with E-state index in [1.54, 1.807) is 0 Å². The van der Waals surface area contributed by atoms with Crippen molar-refractivity contribution in [1.82, 2.24) is 0 Å². The van der Waals surface area contributed by atoms with Crippen molar-refractivity contribution in [2.45, 2.75) is 79.6 Å². The number of hydrogen-bond donors (Lipinski definition) is 0. The van der Waals surface area contributed by atoms with Gasteiger partial charge in [-0.3, -0.25) is 0 Å². The van der Waals surface area contributed by atoms with Gasteiger partial charge in [-0.15, -0.1) is 0 Å². The van der Waals surface area contributed by atoms with Crippen LogP contribution in [0.25, 0.3) is 0 Å². The molecule has 0 aromatic heterocycles. The minimum atomic E-state index is 0.949. The third-order valence-corrected chi connectivity index (χ3v) is 3.78. The van der Waals surface area contributed by atoms with Gasteiger partial charge in [-0.05, 0) is 17.8 Å². The van der Waals surface area contributed by atoms with Crippen LogP contribution < -0.4 is 0 Å². The molecule has 0 heterocycles. The topological polar surface area (TPSA) is 0 Å². The van der Waals surface area contributed by atoms with E-state index in [0.29, 0.717) is 0 Å². The van der Waals surface area contributed by atoms with Crippen LogP contribution in [0.15, 0.2) is 0 Å². The molecule has 0 aromatic rings. The molecule has 1 aliphatic carbocycles. The molecule has 0 N–H and O–H groups in total. The number of rotatable bonds is 3. The Kier molecular flexibility index (Phi) is 9.24. The van der Waals surface area contributed by atoms with Crippen molar-refractivity contribution < 1.29 is 0 Å². The second-order valence-corrected chi connectivity index (χ2v) is 5.67. The smallest absolute Gasteiger partial charge is 0.0443 e. The van der Waals surface area contributed by atoms with Gasteiger partial charge in [0.25, 0.3) is 0 Å². The predicted octanol–water partition coefficient (Wildman–Crippen LogP) is 5.67. The van der Waals surface area contributed by atoms with E-state index in [9.17, 15) is 0 Å². The summed E-state index contributed by atoms with van der Waals surface area (Å²) in [7, 11) is 0. The molecule has 0 spiro atoms. The molecule has 1 rings (SSSR count). The van der Waals surface area contributed by atoms with Crippen molar-refractivity contribution in [3.05, 3.63) is 0 Å². The molecule has 0 saturated heterocycles. The summed E-state index contributed by atoms with van der Waals surface area (Å²) in [4.78, 5) is 0. The molecule has 0 nitrogen and oxygen atoms in total. The fourth-order valence-electron chi connectivity index (χ4n) is 2.12. The van der Waals surface area contributed by atoms with Gasteiger partial charge in [0, 0.05) is 0 Å². The largest absolute Gasteiger partial charge is 0.0654 e. The monoisotopic (exact) mass is 212 g/mol. The zero-order valence-corrected chi connectivity index (χ0v) is 11.7. The summed E-state index contributed by atoms with van der Waals surface area (Å²) in [5, 5.41) is 0. The van der Waals surface area contributed by atoms with Gasteiger partial charge < -0.3 is 0 Å². The summed E-state index contributed by atoms with van der Waals surface area (Å²) in [6.45, 7) is 11.5. The summed E-state index contributed by atoms with van der Waals surface area (Å²) < 4.78 is 0. The van der Waals surface area contributed by atoms with Crippen LogP contribution in [-0.2, 0) is 0 Å². The van der Waals surface area contributed by atoms with Crippen LogP contribution in [0.4, 0.5) is 0 Å². The van der Waals surface area contributed by atoms with Crippen LogP contribution in [0.1, 0.15) is 79.6 Å². The van der Waals surface area contributed by atoms with Gasteiger partial charge in [0.1, 0.15) is 0 Å². The third kappa shape index (κ3) is 8.96. The van der Waals surface area contributed by atoms with Crippen LogP contribution in [-0.4, -0.2) is 0 Å². The summed E-state index contributed by atoms with van der Waals surface area (Å²) in [5.41, 5.74) is 0. The second kappa shape index (κ2) is 9.24. The molecule has 0 aromatic carbocycles. The van der Waals surface area contributed by atoms with E-state index in [4.69, 9.17) is 0 Å². The SMILES string of the molecule is CC1CCC(C)CC1.CCCC(C)CC. The first-order valence-corrected chi connectivity index (χ1v) is 7.10. The Balaban J connectivity index is 0.000000265. The first kappa shape index (κ1) is 15.0. The predicted molar refractivity (Wildman–Crippen MR) is 71.2 cm³/mol. The Morgan fingerprint density at radius 2 is 1.33 bits per heavy atom. The van der Waals surface area contributed by atoms with Crippen molar-refractivity contribution in [3.8, 4) is 0 Å². The molecular weight excluding hydrogens is 180 g/mol. The Morgan fingerprint density at radius 3 is 1.53 bits per heavy atom. The average molecular weight is 212 g/mol. The van der Waals surface area contributed by atoms with Crippen molar-refractivity contribution in [3.63, 3.8) is 0 Å². The van der Waals surface area contributed by atoms with Gasteiger partial charge in [0.2, 0.25) is 0 Å². The van der Waals surface area contributed by atoms with Gasteiger partial charge in [-0.2, -0.15) is 0 Å². The Morgan fingerprint density at radius 1 is 0.933 bits per heavy atom. The van der Waals surface area contributed by atoms with E-state index in [0.717, 1.165) is 17.8 Å². The Labute approximate surface area is 97.8 Å². The minimum absolute atomic E-state index is 0.949. The van der Waals surface area contributed by atoms with Crippen molar-refractivity contribution in [1.29, 1.82) is 0 Å². The standard InChI is InChI=1S/C8H16.C7H16/c1-7-3-5-8(2)6-4-7;1-4-6-7(3)5-2/h7-8H,3-6H2,1-2H3;7H,4-6H2,1-3H3. The van der Waals surface area contributed by atoms with Gasteiger partial charge in [-0.1, -0.05) is 79.6 Å². The second-order valence-electron chi connectivity index (χ2n) is 5.67. The van der Waals surface area contributed by atoms with Crippen LogP contribution >= 0.6 is 0 Å². The van der Waals surface area contributed by atoms with Crippen molar-refractivity contribution in [2.75, 3.05) is 0 Å². The third-order valence-electron chi connectivity index (χ3n) is 3.78. The van der Waals surface area contributed by atoms with E-state index < -0.39 is 0 Å². The van der Waals surface area contributed by atoms with Crippen molar-refractivity contribution >= 4 is 0 Å². The first-order valence-electron chi connectivity index (χ1n) is 7.10. The zero-order valence-electron chi connectivity index (χ0n) is 11.7. The van der Waals surface area contributed by atoms with Crippen LogP contribution in [0.3, 0.4) is 0 Å². The van der Waals surface area contributed by atoms with Crippen LogP contribution in [0, 0.1) is 17.8 Å². The van der Waals surface area contributed by atoms with Crippen LogP contribution in [0.2, 0.25) is 0 Å². The Bertz CT molecular complexity index is 110. The highest BCUT2D eigenvalue weighted by Crippen LogP contribution is 2.27. The summed E-state index contributed by atoms with van der Waals surface area (Å²) in [5.74, 6) is 2.99. The van der Waals surface area contributed by atoms with Gasteiger partial charge in [0.05, 0.1) is 0 Å². The Hall–Kier alpha value is 0.